The number of benzene rings is 2. The van der Waals surface area contributed by atoms with E-state index in [1.807, 2.05) is 50.4 Å². The number of piperidine rings is 1. The Morgan fingerprint density at radius 2 is 1.76 bits per heavy atom. The van der Waals surface area contributed by atoms with Crippen molar-refractivity contribution in [3.8, 4) is 11.1 Å². The first-order valence-electron chi connectivity index (χ1n) is 11.6. The molecule has 3 heterocycles. The summed E-state index contributed by atoms with van der Waals surface area (Å²) in [7, 11) is 0. The van der Waals surface area contributed by atoms with Crippen LogP contribution in [-0.4, -0.2) is 39.0 Å². The van der Waals surface area contributed by atoms with Crippen molar-refractivity contribution in [3.63, 3.8) is 0 Å². The smallest absolute Gasteiger partial charge is 0.223 e. The molecule has 1 aliphatic heterocycles. The van der Waals surface area contributed by atoms with Crippen LogP contribution in [0.3, 0.4) is 0 Å². The first-order valence-corrected chi connectivity index (χ1v) is 12.0. The second-order valence-corrected chi connectivity index (χ2v) is 9.30. The van der Waals surface area contributed by atoms with Crippen molar-refractivity contribution in [2.75, 3.05) is 18.4 Å². The standard InChI is InChI=1S/C28H28ClN5/c1-18-25(5-4-14-30-18)22-8-11-27-26(17-22)19(2)31-28(33-27)32-24-12-15-34(16-13-24)20(3)21-6-9-23(29)10-7-21/h4-11,14,17,24H,3,12-13,15-16H2,1-2H3,(H,31,32,33). The van der Waals surface area contributed by atoms with Gasteiger partial charge in [0.25, 0.3) is 0 Å². The number of halogens is 1. The highest BCUT2D eigenvalue weighted by Crippen LogP contribution is 2.28. The third-order valence-corrected chi connectivity index (χ3v) is 6.84. The van der Waals surface area contributed by atoms with Gasteiger partial charge in [0.1, 0.15) is 0 Å². The summed E-state index contributed by atoms with van der Waals surface area (Å²) in [6.45, 7) is 10.3. The van der Waals surface area contributed by atoms with Crippen molar-refractivity contribution in [2.45, 2.75) is 32.7 Å². The summed E-state index contributed by atoms with van der Waals surface area (Å²) in [5, 5.41) is 5.38. The van der Waals surface area contributed by atoms with E-state index < -0.39 is 0 Å². The molecule has 0 radical (unpaired) electrons. The Balaban J connectivity index is 1.27. The second kappa shape index (κ2) is 9.43. The third-order valence-electron chi connectivity index (χ3n) is 6.59. The monoisotopic (exact) mass is 469 g/mol. The molecule has 0 unspecified atom stereocenters. The van der Waals surface area contributed by atoms with Crippen molar-refractivity contribution in [2.24, 2.45) is 0 Å². The molecule has 0 atom stereocenters. The molecule has 4 aromatic rings. The number of hydrogen-bond donors (Lipinski definition) is 1. The molecule has 2 aromatic heterocycles. The Labute approximate surface area is 205 Å². The van der Waals surface area contributed by atoms with Gasteiger partial charge < -0.3 is 10.2 Å². The van der Waals surface area contributed by atoms with Crippen LogP contribution in [0.2, 0.25) is 5.02 Å². The Morgan fingerprint density at radius 3 is 2.50 bits per heavy atom. The lowest BCUT2D eigenvalue weighted by Gasteiger charge is -2.35. The zero-order valence-electron chi connectivity index (χ0n) is 19.6. The highest BCUT2D eigenvalue weighted by Gasteiger charge is 2.21. The lowest BCUT2D eigenvalue weighted by molar-refractivity contribution is 0.309. The molecular formula is C28H28ClN5. The molecule has 2 aromatic carbocycles. The topological polar surface area (TPSA) is 53.9 Å². The third kappa shape index (κ3) is 4.62. The number of fused-ring (bicyclic) bond motifs is 1. The minimum absolute atomic E-state index is 0.337. The van der Waals surface area contributed by atoms with Crippen molar-refractivity contribution in [1.29, 1.82) is 0 Å². The molecule has 1 N–H and O–H groups in total. The van der Waals surface area contributed by atoms with Gasteiger partial charge in [-0.1, -0.05) is 42.4 Å². The lowest BCUT2D eigenvalue weighted by Crippen LogP contribution is -2.38. The summed E-state index contributed by atoms with van der Waals surface area (Å²) >= 11 is 6.02. The van der Waals surface area contributed by atoms with Crippen molar-refractivity contribution in [1.82, 2.24) is 19.9 Å². The van der Waals surface area contributed by atoms with E-state index in [1.165, 1.54) is 0 Å². The molecule has 5 nitrogen and oxygen atoms in total. The number of rotatable bonds is 5. The molecule has 0 aliphatic carbocycles. The van der Waals surface area contributed by atoms with Crippen LogP contribution in [0.25, 0.3) is 27.7 Å². The quantitative estimate of drug-likeness (QED) is 0.361. The predicted octanol–water partition coefficient (Wildman–Crippen LogP) is 6.51. The van der Waals surface area contributed by atoms with E-state index >= 15 is 0 Å². The van der Waals surface area contributed by atoms with Crippen LogP contribution in [-0.2, 0) is 0 Å². The van der Waals surface area contributed by atoms with Gasteiger partial charge in [0.2, 0.25) is 5.95 Å². The summed E-state index contributed by atoms with van der Waals surface area (Å²) < 4.78 is 0. The summed E-state index contributed by atoms with van der Waals surface area (Å²) in [5.41, 5.74) is 7.39. The summed E-state index contributed by atoms with van der Waals surface area (Å²) in [4.78, 5) is 16.4. The van der Waals surface area contributed by atoms with Crippen LogP contribution in [0, 0.1) is 13.8 Å². The molecule has 172 valence electrons. The van der Waals surface area contributed by atoms with E-state index in [0.717, 1.165) is 75.6 Å². The van der Waals surface area contributed by atoms with Gasteiger partial charge in [-0.2, -0.15) is 0 Å². The Kier molecular flexibility index (Phi) is 6.20. The number of hydrogen-bond acceptors (Lipinski definition) is 5. The maximum absolute atomic E-state index is 6.02. The lowest BCUT2D eigenvalue weighted by atomic mass is 10.0. The summed E-state index contributed by atoms with van der Waals surface area (Å²) in [6.07, 6.45) is 3.84. The second-order valence-electron chi connectivity index (χ2n) is 8.86. The molecule has 0 spiro atoms. The van der Waals surface area contributed by atoms with Crippen LogP contribution < -0.4 is 5.32 Å². The highest BCUT2D eigenvalue weighted by atomic mass is 35.5. The van der Waals surface area contributed by atoms with Crippen LogP contribution in [0.15, 0.2) is 67.4 Å². The maximum atomic E-state index is 6.02. The highest BCUT2D eigenvalue weighted by molar-refractivity contribution is 6.30. The minimum Gasteiger partial charge on any atom is -0.371 e. The zero-order chi connectivity index (χ0) is 23.7. The Morgan fingerprint density at radius 1 is 1.00 bits per heavy atom. The molecule has 1 saturated heterocycles. The van der Waals surface area contributed by atoms with E-state index in [2.05, 4.69) is 46.0 Å². The van der Waals surface area contributed by atoms with Gasteiger partial charge in [-0.25, -0.2) is 9.97 Å². The van der Waals surface area contributed by atoms with E-state index in [4.69, 9.17) is 21.6 Å². The summed E-state index contributed by atoms with van der Waals surface area (Å²) in [6, 6.07) is 18.7. The minimum atomic E-state index is 0.337. The number of nitrogens with zero attached hydrogens (tertiary/aromatic N) is 4. The zero-order valence-corrected chi connectivity index (χ0v) is 20.3. The maximum Gasteiger partial charge on any atom is 0.223 e. The molecule has 0 saturated carbocycles. The number of anilines is 1. The van der Waals surface area contributed by atoms with Crippen LogP contribution in [0.4, 0.5) is 5.95 Å². The van der Waals surface area contributed by atoms with Gasteiger partial charge in [0.05, 0.1) is 11.2 Å². The molecule has 34 heavy (non-hydrogen) atoms. The molecule has 6 heteroatoms. The molecule has 0 amide bonds. The molecule has 1 aliphatic rings. The fourth-order valence-electron chi connectivity index (χ4n) is 4.60. The van der Waals surface area contributed by atoms with Gasteiger partial charge >= 0.3 is 0 Å². The van der Waals surface area contributed by atoms with Gasteiger partial charge in [0.15, 0.2) is 0 Å². The number of likely N-dealkylation sites (tertiary alicyclic amines) is 1. The number of aryl methyl sites for hydroxylation is 2. The number of aromatic nitrogens is 3. The fourth-order valence-corrected chi connectivity index (χ4v) is 4.73. The SMILES string of the molecule is C=C(c1ccc(Cl)cc1)N1CCC(Nc2nc(C)c3cc(-c4cccnc4C)ccc3n2)CC1. The first-order chi connectivity index (χ1) is 16.5. The van der Waals surface area contributed by atoms with Gasteiger partial charge in [0, 0.05) is 52.7 Å². The molecule has 0 bridgehead atoms. The van der Waals surface area contributed by atoms with Crippen molar-refractivity contribution in [3.05, 3.63) is 89.3 Å². The Bertz CT molecular complexity index is 1340. The van der Waals surface area contributed by atoms with Crippen molar-refractivity contribution < 1.29 is 0 Å². The van der Waals surface area contributed by atoms with Gasteiger partial charge in [-0.3, -0.25) is 4.98 Å². The average Bonchev–Trinajstić information content (AvgIpc) is 2.85. The fraction of sp³-hybridized carbons (Fsp3) is 0.250. The summed E-state index contributed by atoms with van der Waals surface area (Å²) in [5.74, 6) is 0.699. The van der Waals surface area contributed by atoms with Gasteiger partial charge in [-0.15, -0.1) is 0 Å². The normalized spacial score (nSPS) is 14.4. The van der Waals surface area contributed by atoms with E-state index in [-0.39, 0.29) is 0 Å². The van der Waals surface area contributed by atoms with E-state index in [0.29, 0.717) is 12.0 Å². The van der Waals surface area contributed by atoms with E-state index in [1.54, 1.807) is 0 Å². The number of pyridine rings is 1. The van der Waals surface area contributed by atoms with E-state index in [9.17, 15) is 0 Å². The molecule has 5 rings (SSSR count). The average molecular weight is 470 g/mol. The molecular weight excluding hydrogens is 442 g/mol. The largest absolute Gasteiger partial charge is 0.371 e. The first kappa shape index (κ1) is 22.4. The number of nitrogens with one attached hydrogen (secondary N) is 1. The van der Waals surface area contributed by atoms with Crippen LogP contribution in [0.5, 0.6) is 0 Å². The Hall–Kier alpha value is -3.44. The van der Waals surface area contributed by atoms with Crippen LogP contribution in [0.1, 0.15) is 29.8 Å². The van der Waals surface area contributed by atoms with Crippen molar-refractivity contribution >= 4 is 34.1 Å². The predicted molar refractivity (Wildman–Crippen MR) is 141 cm³/mol. The van der Waals surface area contributed by atoms with Gasteiger partial charge in [-0.05, 0) is 68.1 Å². The van der Waals surface area contributed by atoms with Crippen LogP contribution >= 0.6 is 11.6 Å². The molecule has 1 fully saturated rings.